The van der Waals surface area contributed by atoms with E-state index in [4.69, 9.17) is 14.7 Å². The lowest BCUT2D eigenvalue weighted by molar-refractivity contribution is 0.0552. The number of rotatable bonds is 6. The molecule has 1 rings (SSSR count). The zero-order valence-electron chi connectivity index (χ0n) is 10.5. The summed E-state index contributed by atoms with van der Waals surface area (Å²) in [6, 6.07) is 7.46. The Labute approximate surface area is 102 Å². The van der Waals surface area contributed by atoms with Gasteiger partial charge in [0.15, 0.2) is 0 Å². The molecule has 0 aliphatic rings. The van der Waals surface area contributed by atoms with E-state index in [1.54, 1.807) is 6.92 Å². The normalized spacial score (nSPS) is 11.9. The Kier molecular flexibility index (Phi) is 5.49. The fraction of sp³-hybridized carbons (Fsp3) is 0.462. The van der Waals surface area contributed by atoms with Gasteiger partial charge in [-0.1, -0.05) is 17.3 Å². The van der Waals surface area contributed by atoms with E-state index >= 15 is 0 Å². The van der Waals surface area contributed by atoms with E-state index in [0.29, 0.717) is 24.7 Å². The lowest BCUT2D eigenvalue weighted by Crippen LogP contribution is -2.12. The highest BCUT2D eigenvalue weighted by Gasteiger charge is 2.06. The third kappa shape index (κ3) is 4.44. The van der Waals surface area contributed by atoms with E-state index in [9.17, 15) is 0 Å². The maximum absolute atomic E-state index is 8.76. The van der Waals surface area contributed by atoms with Crippen LogP contribution in [0, 0.1) is 0 Å². The number of ether oxygens (including phenoxy) is 2. The molecule has 4 heteroatoms. The monoisotopic (exact) mass is 237 g/mol. The van der Waals surface area contributed by atoms with Crippen molar-refractivity contribution in [2.24, 2.45) is 5.16 Å². The van der Waals surface area contributed by atoms with Crippen LogP contribution in [0.2, 0.25) is 0 Å². The molecule has 0 fully saturated rings. The summed E-state index contributed by atoms with van der Waals surface area (Å²) in [7, 11) is 0. The van der Waals surface area contributed by atoms with Gasteiger partial charge in [-0.2, -0.15) is 0 Å². The van der Waals surface area contributed by atoms with Crippen LogP contribution < -0.4 is 4.74 Å². The van der Waals surface area contributed by atoms with Crippen molar-refractivity contribution < 1.29 is 14.7 Å². The van der Waals surface area contributed by atoms with E-state index in [1.165, 1.54) is 0 Å². The second-order valence-electron chi connectivity index (χ2n) is 3.95. The molecule has 0 heterocycles. The Morgan fingerprint density at radius 1 is 1.29 bits per heavy atom. The van der Waals surface area contributed by atoms with Crippen LogP contribution in [-0.2, 0) is 4.74 Å². The van der Waals surface area contributed by atoms with Crippen molar-refractivity contribution in [1.29, 1.82) is 0 Å². The molecule has 0 aromatic heterocycles. The van der Waals surface area contributed by atoms with Gasteiger partial charge in [-0.15, -0.1) is 0 Å². The first kappa shape index (κ1) is 13.5. The van der Waals surface area contributed by atoms with Gasteiger partial charge in [0.25, 0.3) is 0 Å². The number of hydrogen-bond acceptors (Lipinski definition) is 4. The molecule has 0 saturated heterocycles. The molecule has 4 nitrogen and oxygen atoms in total. The van der Waals surface area contributed by atoms with E-state index < -0.39 is 0 Å². The minimum absolute atomic E-state index is 0.203. The van der Waals surface area contributed by atoms with Crippen LogP contribution in [0.4, 0.5) is 0 Å². The number of nitrogens with zero attached hydrogens (tertiary/aromatic N) is 1. The van der Waals surface area contributed by atoms with Gasteiger partial charge in [0.1, 0.15) is 12.4 Å². The summed E-state index contributed by atoms with van der Waals surface area (Å²) in [4.78, 5) is 0. The van der Waals surface area contributed by atoms with Crippen molar-refractivity contribution >= 4 is 5.71 Å². The smallest absolute Gasteiger partial charge is 0.128 e. The molecule has 0 aliphatic heterocycles. The van der Waals surface area contributed by atoms with Crippen molar-refractivity contribution in [2.45, 2.75) is 26.9 Å². The molecule has 17 heavy (non-hydrogen) atoms. The molecule has 1 N–H and O–H groups in total. The van der Waals surface area contributed by atoms with Gasteiger partial charge in [0.05, 0.1) is 18.4 Å². The molecule has 0 aliphatic carbocycles. The molecular formula is C13H19NO3. The third-order valence-electron chi connectivity index (χ3n) is 2.22. The third-order valence-corrected chi connectivity index (χ3v) is 2.22. The van der Waals surface area contributed by atoms with Gasteiger partial charge >= 0.3 is 0 Å². The summed E-state index contributed by atoms with van der Waals surface area (Å²) in [6.45, 7) is 6.72. The molecule has 94 valence electrons. The predicted molar refractivity (Wildman–Crippen MR) is 67.0 cm³/mol. The fourth-order valence-corrected chi connectivity index (χ4v) is 1.38. The molecule has 0 bridgehead atoms. The standard InChI is InChI=1S/C13H19NO3/c1-10(2)16-8-9-17-13-7-5-4-6-12(13)11(3)14-15/h4-7,10,15H,8-9H2,1-3H3. The lowest BCUT2D eigenvalue weighted by Gasteiger charge is -2.12. The lowest BCUT2D eigenvalue weighted by atomic mass is 10.1. The van der Waals surface area contributed by atoms with Crippen molar-refractivity contribution in [3.63, 3.8) is 0 Å². The van der Waals surface area contributed by atoms with Gasteiger partial charge in [-0.05, 0) is 32.9 Å². The molecule has 0 amide bonds. The molecule has 1 aromatic rings. The summed E-state index contributed by atoms with van der Waals surface area (Å²) in [5.41, 5.74) is 1.32. The molecule has 0 atom stereocenters. The van der Waals surface area contributed by atoms with Crippen LogP contribution in [0.5, 0.6) is 5.75 Å². The Hall–Kier alpha value is -1.55. The minimum Gasteiger partial charge on any atom is -0.490 e. The zero-order chi connectivity index (χ0) is 12.7. The zero-order valence-corrected chi connectivity index (χ0v) is 10.5. The van der Waals surface area contributed by atoms with Gasteiger partial charge in [0.2, 0.25) is 0 Å². The molecule has 0 radical (unpaired) electrons. The Morgan fingerprint density at radius 2 is 2.00 bits per heavy atom. The average Bonchev–Trinajstić information content (AvgIpc) is 2.34. The molecule has 1 aromatic carbocycles. The van der Waals surface area contributed by atoms with Crippen LogP contribution in [0.25, 0.3) is 0 Å². The second-order valence-corrected chi connectivity index (χ2v) is 3.95. The van der Waals surface area contributed by atoms with Crippen molar-refractivity contribution in [3.05, 3.63) is 29.8 Å². The fourth-order valence-electron chi connectivity index (χ4n) is 1.38. The van der Waals surface area contributed by atoms with Crippen LogP contribution in [-0.4, -0.2) is 30.2 Å². The number of para-hydroxylation sites is 1. The number of hydrogen-bond donors (Lipinski definition) is 1. The largest absolute Gasteiger partial charge is 0.490 e. The SMILES string of the molecule is CC(=NO)c1ccccc1OCCOC(C)C. The Bertz CT molecular complexity index is 375. The van der Waals surface area contributed by atoms with Crippen LogP contribution >= 0.6 is 0 Å². The van der Waals surface area contributed by atoms with E-state index in [-0.39, 0.29) is 6.10 Å². The van der Waals surface area contributed by atoms with Crippen molar-refractivity contribution in [3.8, 4) is 5.75 Å². The van der Waals surface area contributed by atoms with Crippen molar-refractivity contribution in [1.82, 2.24) is 0 Å². The van der Waals surface area contributed by atoms with Gasteiger partial charge in [-0.3, -0.25) is 0 Å². The number of benzene rings is 1. The minimum atomic E-state index is 0.203. The summed E-state index contributed by atoms with van der Waals surface area (Å²) < 4.78 is 11.0. The Morgan fingerprint density at radius 3 is 2.65 bits per heavy atom. The van der Waals surface area contributed by atoms with Crippen LogP contribution in [0.3, 0.4) is 0 Å². The highest BCUT2D eigenvalue weighted by atomic mass is 16.5. The molecule has 0 saturated carbocycles. The number of oxime groups is 1. The highest BCUT2D eigenvalue weighted by molar-refractivity contribution is 6.00. The van der Waals surface area contributed by atoms with Crippen LogP contribution in [0.1, 0.15) is 26.3 Å². The predicted octanol–water partition coefficient (Wildman–Crippen LogP) is 2.69. The Balaban J connectivity index is 2.58. The average molecular weight is 237 g/mol. The van der Waals surface area contributed by atoms with Gasteiger partial charge < -0.3 is 14.7 Å². The maximum Gasteiger partial charge on any atom is 0.128 e. The summed E-state index contributed by atoms with van der Waals surface area (Å²) in [6.07, 6.45) is 0.203. The first-order valence-corrected chi connectivity index (χ1v) is 5.67. The van der Waals surface area contributed by atoms with Crippen LogP contribution in [0.15, 0.2) is 29.4 Å². The van der Waals surface area contributed by atoms with Gasteiger partial charge in [0, 0.05) is 5.56 Å². The quantitative estimate of drug-likeness (QED) is 0.358. The first-order chi connectivity index (χ1) is 8.15. The second kappa shape index (κ2) is 6.91. The molecular weight excluding hydrogens is 218 g/mol. The van der Waals surface area contributed by atoms with Gasteiger partial charge in [-0.25, -0.2) is 0 Å². The van der Waals surface area contributed by atoms with E-state index in [2.05, 4.69) is 5.16 Å². The molecule has 0 spiro atoms. The van der Waals surface area contributed by atoms with E-state index in [0.717, 1.165) is 5.56 Å². The van der Waals surface area contributed by atoms with Crippen molar-refractivity contribution in [2.75, 3.05) is 13.2 Å². The maximum atomic E-state index is 8.76. The molecule has 0 unspecified atom stereocenters. The first-order valence-electron chi connectivity index (χ1n) is 5.67. The van der Waals surface area contributed by atoms with E-state index in [1.807, 2.05) is 38.1 Å². The summed E-state index contributed by atoms with van der Waals surface area (Å²) in [5.74, 6) is 0.704. The summed E-state index contributed by atoms with van der Waals surface area (Å²) >= 11 is 0. The topological polar surface area (TPSA) is 51.1 Å². The summed E-state index contributed by atoms with van der Waals surface area (Å²) in [5, 5.41) is 11.9. The highest BCUT2D eigenvalue weighted by Crippen LogP contribution is 2.18.